The zero-order chi connectivity index (χ0) is 16.7. The Hall–Kier alpha value is -1.63. The molecule has 128 valence electrons. The Labute approximate surface area is 146 Å². The molecular weight excluding hydrogens is 326 g/mol. The van der Waals surface area contributed by atoms with E-state index >= 15 is 0 Å². The summed E-state index contributed by atoms with van der Waals surface area (Å²) in [7, 11) is 0. The highest BCUT2D eigenvalue weighted by atomic mass is 35.5. The van der Waals surface area contributed by atoms with Gasteiger partial charge in [0.15, 0.2) is 0 Å². The van der Waals surface area contributed by atoms with Crippen molar-refractivity contribution in [2.45, 2.75) is 6.92 Å². The molecule has 0 spiro atoms. The molecule has 6 nitrogen and oxygen atoms in total. The van der Waals surface area contributed by atoms with Crippen LogP contribution in [0.15, 0.2) is 29.4 Å². The summed E-state index contributed by atoms with van der Waals surface area (Å²) in [6.45, 7) is 8.68. The smallest absolute Gasteiger partial charge is 0.306 e. The van der Waals surface area contributed by atoms with Crippen molar-refractivity contribution in [3.8, 4) is 0 Å². The number of hydrogen-bond donors (Lipinski definition) is 2. The standard InChI is InChI=1S/C17H22ClN5O/c1-17-10-22-5-6-23(11-17)9-12(8-22)15(17)20-21-16(24)19-14-4-2-3-13(18)7-14/h2-4,7,12H,5-6,8-11H2,1H3,(H2,19,21,24)/b20-15-. The van der Waals surface area contributed by atoms with Gasteiger partial charge in [-0.05, 0) is 18.2 Å². The maximum atomic E-state index is 12.1. The maximum absolute atomic E-state index is 12.1. The fourth-order valence-electron chi connectivity index (χ4n) is 4.36. The van der Waals surface area contributed by atoms with Crippen LogP contribution in [-0.4, -0.2) is 60.8 Å². The Morgan fingerprint density at radius 1 is 1.29 bits per heavy atom. The fraction of sp³-hybridized carbons (Fsp3) is 0.529. The van der Waals surface area contributed by atoms with Gasteiger partial charge in [0.2, 0.25) is 0 Å². The van der Waals surface area contributed by atoms with Gasteiger partial charge in [0.05, 0.1) is 5.71 Å². The van der Waals surface area contributed by atoms with Gasteiger partial charge in [-0.25, -0.2) is 10.2 Å². The number of hydrazone groups is 1. The first-order valence-corrected chi connectivity index (χ1v) is 8.75. The fourth-order valence-corrected chi connectivity index (χ4v) is 4.55. The van der Waals surface area contributed by atoms with Crippen molar-refractivity contribution in [2.75, 3.05) is 44.6 Å². The van der Waals surface area contributed by atoms with Crippen LogP contribution in [0.3, 0.4) is 0 Å². The Kier molecular flexibility index (Phi) is 3.98. The molecule has 2 amide bonds. The van der Waals surface area contributed by atoms with E-state index in [-0.39, 0.29) is 11.4 Å². The number of urea groups is 1. The zero-order valence-corrected chi connectivity index (χ0v) is 14.5. The van der Waals surface area contributed by atoms with Crippen LogP contribution < -0.4 is 10.7 Å². The Balaban J connectivity index is 1.46. The van der Waals surface area contributed by atoms with E-state index in [0.717, 1.165) is 45.0 Å². The average Bonchev–Trinajstić information content (AvgIpc) is 2.73. The summed E-state index contributed by atoms with van der Waals surface area (Å²) < 4.78 is 0. The second kappa shape index (κ2) is 6.02. The van der Waals surface area contributed by atoms with Crippen LogP contribution in [0.2, 0.25) is 5.02 Å². The molecule has 4 aliphatic heterocycles. The SMILES string of the molecule is CC12CN3CCN(CC(C3)/C1=N/NC(=O)Nc1cccc(Cl)c1)C2. The number of benzene rings is 1. The van der Waals surface area contributed by atoms with Crippen molar-refractivity contribution in [1.29, 1.82) is 0 Å². The van der Waals surface area contributed by atoms with Crippen LogP contribution >= 0.6 is 11.6 Å². The molecule has 2 atom stereocenters. The minimum Gasteiger partial charge on any atom is -0.306 e. The molecule has 0 aromatic heterocycles. The molecule has 4 aliphatic rings. The number of amides is 2. The first-order chi connectivity index (χ1) is 11.5. The molecule has 4 heterocycles. The van der Waals surface area contributed by atoms with E-state index in [1.807, 2.05) is 0 Å². The number of nitrogens with one attached hydrogen (secondary N) is 2. The minimum atomic E-state index is -0.333. The lowest BCUT2D eigenvalue weighted by atomic mass is 9.72. The third-order valence-corrected chi connectivity index (χ3v) is 5.44. The van der Waals surface area contributed by atoms with Crippen LogP contribution in [0.5, 0.6) is 0 Å². The molecule has 0 radical (unpaired) electrons. The van der Waals surface area contributed by atoms with Crippen molar-refractivity contribution < 1.29 is 4.79 Å². The number of halogens is 1. The minimum absolute atomic E-state index is 0.0288. The second-order valence-corrected chi connectivity index (χ2v) is 7.74. The van der Waals surface area contributed by atoms with E-state index in [1.165, 1.54) is 0 Å². The summed E-state index contributed by atoms with van der Waals surface area (Å²) in [6.07, 6.45) is 0. The second-order valence-electron chi connectivity index (χ2n) is 7.30. The molecule has 4 fully saturated rings. The molecule has 2 N–H and O–H groups in total. The number of carbonyl (C=O) groups excluding carboxylic acids is 1. The highest BCUT2D eigenvalue weighted by Gasteiger charge is 2.49. The van der Waals surface area contributed by atoms with Gasteiger partial charge in [0.25, 0.3) is 0 Å². The van der Waals surface area contributed by atoms with Gasteiger partial charge in [-0.1, -0.05) is 24.6 Å². The molecule has 1 aromatic rings. The molecule has 24 heavy (non-hydrogen) atoms. The normalized spacial score (nSPS) is 35.8. The predicted molar refractivity (Wildman–Crippen MR) is 95.5 cm³/mol. The summed E-state index contributed by atoms with van der Waals surface area (Å²) in [5.41, 5.74) is 4.51. The van der Waals surface area contributed by atoms with Crippen LogP contribution in [-0.2, 0) is 0 Å². The summed E-state index contributed by atoms with van der Waals surface area (Å²) in [6, 6.07) is 6.75. The Morgan fingerprint density at radius 3 is 2.62 bits per heavy atom. The van der Waals surface area contributed by atoms with E-state index in [0.29, 0.717) is 16.6 Å². The van der Waals surface area contributed by atoms with Gasteiger partial charge in [0, 0.05) is 61.3 Å². The van der Waals surface area contributed by atoms with Crippen LogP contribution in [0, 0.1) is 11.3 Å². The number of nitrogens with zero attached hydrogens (tertiary/aromatic N) is 3. The molecule has 1 aromatic carbocycles. The number of hydrogen-bond acceptors (Lipinski definition) is 4. The molecule has 4 saturated heterocycles. The van der Waals surface area contributed by atoms with Crippen molar-refractivity contribution in [2.24, 2.45) is 16.4 Å². The average molecular weight is 348 g/mol. The van der Waals surface area contributed by atoms with Gasteiger partial charge in [-0.15, -0.1) is 0 Å². The Bertz CT molecular complexity index is 675. The van der Waals surface area contributed by atoms with E-state index in [1.54, 1.807) is 24.3 Å². The highest BCUT2D eigenvalue weighted by molar-refractivity contribution is 6.30. The zero-order valence-electron chi connectivity index (χ0n) is 13.8. The largest absolute Gasteiger partial charge is 0.339 e. The first kappa shape index (κ1) is 15.9. The molecule has 0 aliphatic carbocycles. The number of carbonyl (C=O) groups is 1. The van der Waals surface area contributed by atoms with Crippen LogP contribution in [0.25, 0.3) is 0 Å². The lowest BCUT2D eigenvalue weighted by Gasteiger charge is -2.48. The quantitative estimate of drug-likeness (QED) is 0.805. The molecule has 5 rings (SSSR count). The summed E-state index contributed by atoms with van der Waals surface area (Å²) in [5.74, 6) is 0.409. The lowest BCUT2D eigenvalue weighted by molar-refractivity contribution is 0.130. The van der Waals surface area contributed by atoms with E-state index in [2.05, 4.69) is 32.6 Å². The third kappa shape index (κ3) is 3.01. The monoisotopic (exact) mass is 347 g/mol. The van der Waals surface area contributed by atoms with Crippen LogP contribution in [0.4, 0.5) is 10.5 Å². The van der Waals surface area contributed by atoms with Crippen molar-refractivity contribution >= 4 is 29.0 Å². The lowest BCUT2D eigenvalue weighted by Crippen LogP contribution is -2.60. The van der Waals surface area contributed by atoms with E-state index in [4.69, 9.17) is 11.6 Å². The van der Waals surface area contributed by atoms with Gasteiger partial charge in [-0.3, -0.25) is 0 Å². The highest BCUT2D eigenvalue weighted by Crippen LogP contribution is 2.37. The van der Waals surface area contributed by atoms with E-state index < -0.39 is 0 Å². The van der Waals surface area contributed by atoms with Crippen molar-refractivity contribution in [3.63, 3.8) is 0 Å². The van der Waals surface area contributed by atoms with Crippen molar-refractivity contribution in [3.05, 3.63) is 29.3 Å². The van der Waals surface area contributed by atoms with Gasteiger partial charge in [0.1, 0.15) is 0 Å². The molecular formula is C17H22ClN5O. The van der Waals surface area contributed by atoms with Gasteiger partial charge < -0.3 is 15.1 Å². The summed E-state index contributed by atoms with van der Waals surface area (Å²) >= 11 is 5.93. The molecule has 4 bridgehead atoms. The van der Waals surface area contributed by atoms with Gasteiger partial charge >= 0.3 is 6.03 Å². The van der Waals surface area contributed by atoms with Gasteiger partial charge in [-0.2, -0.15) is 5.10 Å². The molecule has 2 unspecified atom stereocenters. The summed E-state index contributed by atoms with van der Waals surface area (Å²) in [5, 5.41) is 7.88. The number of anilines is 1. The molecule has 0 saturated carbocycles. The third-order valence-electron chi connectivity index (χ3n) is 5.20. The number of piperidine rings is 2. The van der Waals surface area contributed by atoms with E-state index in [9.17, 15) is 4.79 Å². The summed E-state index contributed by atoms with van der Waals surface area (Å²) in [4.78, 5) is 17.2. The maximum Gasteiger partial charge on any atom is 0.339 e. The number of rotatable bonds is 2. The first-order valence-electron chi connectivity index (χ1n) is 8.37. The molecule has 7 heteroatoms. The van der Waals surface area contributed by atoms with Crippen molar-refractivity contribution in [1.82, 2.24) is 15.2 Å². The Morgan fingerprint density at radius 2 is 2.00 bits per heavy atom. The number of fused-ring (bicyclic) bond motifs is 1. The van der Waals surface area contributed by atoms with Crippen LogP contribution in [0.1, 0.15) is 6.92 Å². The topological polar surface area (TPSA) is 60.0 Å². The predicted octanol–water partition coefficient (Wildman–Crippen LogP) is 2.08.